The molecular weight excluding hydrogens is 454 g/mol. The van der Waals surface area contributed by atoms with Gasteiger partial charge >= 0.3 is 11.9 Å². The Morgan fingerprint density at radius 3 is 2.31 bits per heavy atom. The molecule has 2 aliphatic rings. The highest BCUT2D eigenvalue weighted by Gasteiger charge is 2.45. The van der Waals surface area contributed by atoms with Crippen molar-refractivity contribution >= 4 is 17.8 Å². The van der Waals surface area contributed by atoms with Crippen molar-refractivity contribution in [1.82, 2.24) is 5.32 Å². The fourth-order valence-corrected chi connectivity index (χ4v) is 5.55. The van der Waals surface area contributed by atoms with E-state index in [1.807, 2.05) is 51.1 Å². The van der Waals surface area contributed by atoms with Crippen molar-refractivity contribution in [2.75, 3.05) is 0 Å². The number of esters is 2. The summed E-state index contributed by atoms with van der Waals surface area (Å²) in [5.74, 6) is -0.851. The number of carbonyl (C=O) groups excluding carboxylic acids is 3. The zero-order valence-electron chi connectivity index (χ0n) is 22.2. The van der Waals surface area contributed by atoms with Crippen LogP contribution in [0.15, 0.2) is 43.0 Å². The van der Waals surface area contributed by atoms with E-state index in [4.69, 9.17) is 9.47 Å². The van der Waals surface area contributed by atoms with Gasteiger partial charge in [-0.1, -0.05) is 49.2 Å². The predicted octanol–water partition coefficient (Wildman–Crippen LogP) is 5.89. The molecule has 3 rings (SSSR count). The molecule has 0 bridgehead atoms. The lowest BCUT2D eigenvalue weighted by Crippen LogP contribution is -2.47. The van der Waals surface area contributed by atoms with Gasteiger partial charge in [-0.15, -0.1) is 6.58 Å². The molecule has 6 nitrogen and oxygen atoms in total. The van der Waals surface area contributed by atoms with Gasteiger partial charge in [0.15, 0.2) is 0 Å². The Bertz CT molecular complexity index is 890. The number of amides is 1. The molecule has 1 atom stereocenters. The third-order valence-corrected chi connectivity index (χ3v) is 7.49. The van der Waals surface area contributed by atoms with Gasteiger partial charge in [0.25, 0.3) is 0 Å². The highest BCUT2D eigenvalue weighted by atomic mass is 16.6. The minimum absolute atomic E-state index is 0.0486. The first-order valence-electron chi connectivity index (χ1n) is 13.5. The van der Waals surface area contributed by atoms with E-state index in [1.54, 1.807) is 6.08 Å². The van der Waals surface area contributed by atoms with Gasteiger partial charge in [-0.2, -0.15) is 0 Å². The van der Waals surface area contributed by atoms with Gasteiger partial charge in [-0.25, -0.2) is 0 Å². The largest absolute Gasteiger partial charge is 0.461 e. The SMILES string of the molecule is C=CCC(CC1(C(=O)N[C@H]2CC[C@@H](C(=O)OCc3ccccc3)CC2)CCCC1)C(=O)OC(C)(C)C. The Balaban J connectivity index is 1.53. The van der Waals surface area contributed by atoms with Crippen LogP contribution >= 0.6 is 0 Å². The first kappa shape index (κ1) is 27.9. The van der Waals surface area contributed by atoms with Crippen LogP contribution in [-0.2, 0) is 30.5 Å². The van der Waals surface area contributed by atoms with Gasteiger partial charge in [0.2, 0.25) is 5.91 Å². The summed E-state index contributed by atoms with van der Waals surface area (Å²) in [5.41, 5.74) is -0.131. The molecule has 1 unspecified atom stereocenters. The Hall–Kier alpha value is -2.63. The number of hydrogen-bond donors (Lipinski definition) is 1. The molecule has 198 valence electrons. The van der Waals surface area contributed by atoms with Crippen LogP contribution in [0.2, 0.25) is 0 Å². The number of benzene rings is 1. The molecule has 2 fully saturated rings. The second kappa shape index (κ2) is 12.6. The van der Waals surface area contributed by atoms with Crippen molar-refractivity contribution in [3.05, 3.63) is 48.6 Å². The standard InChI is InChI=1S/C30H43NO5/c1-5-11-24(27(33)36-29(2,3)4)20-30(18-9-10-19-30)28(34)31-25-16-14-23(15-17-25)26(32)35-21-22-12-7-6-8-13-22/h5-8,12-13,23-25H,1,9-11,14-21H2,2-4H3,(H,31,34)/t23-,24?,25+. The lowest BCUT2D eigenvalue weighted by Gasteiger charge is -2.35. The Kier molecular flexibility index (Phi) is 9.75. The molecular formula is C30H43NO5. The molecule has 0 aromatic heterocycles. The zero-order chi connectivity index (χ0) is 26.2. The van der Waals surface area contributed by atoms with E-state index in [1.165, 1.54) is 0 Å². The van der Waals surface area contributed by atoms with E-state index in [2.05, 4.69) is 11.9 Å². The van der Waals surface area contributed by atoms with Crippen molar-refractivity contribution in [3.63, 3.8) is 0 Å². The normalized spacial score (nSPS) is 22.3. The van der Waals surface area contributed by atoms with E-state index < -0.39 is 11.0 Å². The smallest absolute Gasteiger partial charge is 0.309 e. The molecule has 36 heavy (non-hydrogen) atoms. The van der Waals surface area contributed by atoms with E-state index in [0.29, 0.717) is 32.3 Å². The summed E-state index contributed by atoms with van der Waals surface area (Å²) >= 11 is 0. The maximum atomic E-state index is 13.6. The summed E-state index contributed by atoms with van der Waals surface area (Å²) in [6.45, 7) is 9.70. The fraction of sp³-hybridized carbons (Fsp3) is 0.633. The number of allylic oxidation sites excluding steroid dienone is 1. The summed E-state index contributed by atoms with van der Waals surface area (Å²) in [6.07, 6.45) is 9.22. The molecule has 6 heteroatoms. The van der Waals surface area contributed by atoms with Crippen molar-refractivity contribution in [2.24, 2.45) is 17.3 Å². The van der Waals surface area contributed by atoms with E-state index in [0.717, 1.165) is 44.1 Å². The average molecular weight is 498 g/mol. The maximum absolute atomic E-state index is 13.6. The molecule has 0 saturated heterocycles. The quantitative estimate of drug-likeness (QED) is 0.322. The summed E-state index contributed by atoms with van der Waals surface area (Å²) in [4.78, 5) is 39.0. The third kappa shape index (κ3) is 7.94. The molecule has 0 radical (unpaired) electrons. The van der Waals surface area contributed by atoms with Crippen molar-refractivity contribution in [1.29, 1.82) is 0 Å². The summed E-state index contributed by atoms with van der Waals surface area (Å²) in [6, 6.07) is 9.74. The monoisotopic (exact) mass is 497 g/mol. The zero-order valence-corrected chi connectivity index (χ0v) is 22.2. The van der Waals surface area contributed by atoms with Gasteiger partial charge in [0.05, 0.1) is 17.3 Å². The van der Waals surface area contributed by atoms with Crippen LogP contribution in [0.1, 0.15) is 90.5 Å². The topological polar surface area (TPSA) is 81.7 Å². The number of ether oxygens (including phenoxy) is 2. The fourth-order valence-electron chi connectivity index (χ4n) is 5.55. The lowest BCUT2D eigenvalue weighted by atomic mass is 9.75. The first-order valence-corrected chi connectivity index (χ1v) is 13.5. The Morgan fingerprint density at radius 2 is 1.72 bits per heavy atom. The van der Waals surface area contributed by atoms with Crippen molar-refractivity contribution in [2.45, 2.75) is 103 Å². The van der Waals surface area contributed by atoms with Crippen LogP contribution in [0.3, 0.4) is 0 Å². The molecule has 1 aromatic carbocycles. The number of hydrogen-bond acceptors (Lipinski definition) is 5. The van der Waals surface area contributed by atoms with Gasteiger partial charge in [-0.3, -0.25) is 14.4 Å². The van der Waals surface area contributed by atoms with E-state index in [-0.39, 0.29) is 35.7 Å². The van der Waals surface area contributed by atoms with Crippen molar-refractivity contribution in [3.8, 4) is 0 Å². The molecule has 0 heterocycles. The lowest BCUT2D eigenvalue weighted by molar-refractivity contribution is -0.161. The molecule has 1 amide bonds. The summed E-state index contributed by atoms with van der Waals surface area (Å²) in [7, 11) is 0. The van der Waals surface area contributed by atoms with E-state index >= 15 is 0 Å². The number of rotatable bonds is 10. The molecule has 0 spiro atoms. The van der Waals surface area contributed by atoms with E-state index in [9.17, 15) is 14.4 Å². The summed E-state index contributed by atoms with van der Waals surface area (Å²) < 4.78 is 11.2. The minimum Gasteiger partial charge on any atom is -0.461 e. The summed E-state index contributed by atoms with van der Waals surface area (Å²) in [5, 5.41) is 3.28. The van der Waals surface area contributed by atoms with Crippen LogP contribution < -0.4 is 5.32 Å². The Morgan fingerprint density at radius 1 is 1.08 bits per heavy atom. The highest BCUT2D eigenvalue weighted by Crippen LogP contribution is 2.45. The van der Waals surface area contributed by atoms with Gasteiger partial charge < -0.3 is 14.8 Å². The first-order chi connectivity index (χ1) is 17.1. The predicted molar refractivity (Wildman–Crippen MR) is 140 cm³/mol. The average Bonchev–Trinajstić information content (AvgIpc) is 3.32. The highest BCUT2D eigenvalue weighted by molar-refractivity contribution is 5.84. The van der Waals surface area contributed by atoms with Crippen LogP contribution in [-0.4, -0.2) is 29.5 Å². The van der Waals surface area contributed by atoms with Crippen molar-refractivity contribution < 1.29 is 23.9 Å². The second-order valence-corrected chi connectivity index (χ2v) is 11.6. The van der Waals surface area contributed by atoms with Crippen LogP contribution in [0.5, 0.6) is 0 Å². The van der Waals surface area contributed by atoms with Gasteiger partial charge in [0.1, 0.15) is 12.2 Å². The minimum atomic E-state index is -0.567. The van der Waals surface area contributed by atoms with Gasteiger partial charge in [-0.05, 0) is 77.7 Å². The van der Waals surface area contributed by atoms with Crippen LogP contribution in [0.25, 0.3) is 0 Å². The number of carbonyl (C=O) groups is 3. The maximum Gasteiger partial charge on any atom is 0.309 e. The van der Waals surface area contributed by atoms with Crippen LogP contribution in [0.4, 0.5) is 0 Å². The molecule has 1 aromatic rings. The van der Waals surface area contributed by atoms with Gasteiger partial charge in [0, 0.05) is 6.04 Å². The third-order valence-electron chi connectivity index (χ3n) is 7.49. The Labute approximate surface area is 216 Å². The van der Waals surface area contributed by atoms with Crippen LogP contribution in [0, 0.1) is 17.3 Å². The molecule has 2 saturated carbocycles. The second-order valence-electron chi connectivity index (χ2n) is 11.6. The number of nitrogens with one attached hydrogen (secondary N) is 1. The molecule has 0 aliphatic heterocycles. The molecule has 2 aliphatic carbocycles. The molecule has 1 N–H and O–H groups in total.